The molecule has 0 aliphatic heterocycles. The molecule has 0 radical (unpaired) electrons. The average Bonchev–Trinajstić information content (AvgIpc) is 3.89. The van der Waals surface area contributed by atoms with Gasteiger partial charge in [0.15, 0.2) is 0 Å². The van der Waals surface area contributed by atoms with Crippen molar-refractivity contribution >= 4 is 87.2 Å². The van der Waals surface area contributed by atoms with E-state index in [1.807, 2.05) is 49.1 Å². The fourth-order valence-electron chi connectivity index (χ4n) is 8.52. The summed E-state index contributed by atoms with van der Waals surface area (Å²) in [5, 5.41) is 9.61. The van der Waals surface area contributed by atoms with Crippen LogP contribution < -0.4 is 0 Å². The highest BCUT2D eigenvalue weighted by Crippen LogP contribution is 2.49. The van der Waals surface area contributed by atoms with E-state index in [1.165, 1.54) is 54.4 Å². The van der Waals surface area contributed by atoms with Crippen LogP contribution in [0.15, 0.2) is 134 Å². The van der Waals surface area contributed by atoms with Crippen LogP contribution in [0.5, 0.6) is 0 Å². The Labute approximate surface area is 271 Å². The Morgan fingerprint density at radius 3 is 1.21 bits per heavy atom. The van der Waals surface area contributed by atoms with Crippen molar-refractivity contribution in [3.8, 4) is 22.5 Å². The fraction of sp³-hybridized carbons (Fsp3) is 0. The van der Waals surface area contributed by atoms with Gasteiger partial charge < -0.3 is 8.80 Å². The first-order chi connectivity index (χ1) is 23.9. The monoisotopic (exact) mass is 610 g/mol. The van der Waals surface area contributed by atoms with Crippen LogP contribution in [0, 0.1) is 0 Å². The van der Waals surface area contributed by atoms with Gasteiger partial charge in [0.1, 0.15) is 11.0 Å². The normalized spacial score (nSPS) is 12.6. The zero-order valence-corrected chi connectivity index (χ0v) is 25.4. The lowest BCUT2D eigenvalue weighted by Gasteiger charge is -2.13. The lowest BCUT2D eigenvalue weighted by molar-refractivity contribution is 1.26. The van der Waals surface area contributed by atoms with Crippen molar-refractivity contribution in [1.82, 2.24) is 28.7 Å². The van der Waals surface area contributed by atoms with Crippen LogP contribution >= 0.6 is 0 Å². The molecule has 0 atom stereocenters. The summed E-state index contributed by atoms with van der Waals surface area (Å²) >= 11 is 0. The summed E-state index contributed by atoms with van der Waals surface area (Å²) < 4.78 is 4.98. The smallest absolute Gasteiger partial charge is 0.100 e. The Bertz CT molecular complexity index is 3050. The Morgan fingerprint density at radius 1 is 0.354 bits per heavy atom. The summed E-state index contributed by atoms with van der Waals surface area (Å²) in [6.45, 7) is 0. The quantitative estimate of drug-likeness (QED) is 0.195. The number of rotatable bonds is 2. The molecule has 7 heterocycles. The van der Waals surface area contributed by atoms with Crippen molar-refractivity contribution in [2.75, 3.05) is 0 Å². The molecule has 0 saturated carbocycles. The zero-order valence-electron chi connectivity index (χ0n) is 25.4. The number of aromatic nitrogens is 6. The standard InChI is InChI=1S/C42H22N6/c1-3-13-31-25(7-1)27-9-5-11-29-33-37-38(46-36(24-17-21-44-22-18-24)35(45-37)23-15-19-43-20-16-23)34-30-12-6-10-28-26-8-2-4-14-32(26)48(40(28)30)42(34)41(33)47(31)39(27)29/h1-22H. The molecule has 0 aliphatic rings. The minimum Gasteiger partial charge on any atom is -0.306 e. The molecular weight excluding hydrogens is 589 g/mol. The third kappa shape index (κ3) is 2.81. The second-order valence-electron chi connectivity index (χ2n) is 12.6. The van der Waals surface area contributed by atoms with Crippen LogP contribution in [0.3, 0.4) is 0 Å². The molecule has 0 bridgehead atoms. The molecule has 0 N–H and O–H groups in total. The maximum Gasteiger partial charge on any atom is 0.100 e. The number of benzene rings is 5. The van der Waals surface area contributed by atoms with Gasteiger partial charge in [0.25, 0.3) is 0 Å². The largest absolute Gasteiger partial charge is 0.306 e. The van der Waals surface area contributed by atoms with Gasteiger partial charge in [0.05, 0.1) is 44.5 Å². The first-order valence-electron chi connectivity index (χ1n) is 16.1. The van der Waals surface area contributed by atoms with Gasteiger partial charge in [-0.1, -0.05) is 72.8 Å². The van der Waals surface area contributed by atoms with Gasteiger partial charge in [-0.05, 0) is 36.4 Å². The van der Waals surface area contributed by atoms with Crippen LogP contribution in [-0.2, 0) is 0 Å². The van der Waals surface area contributed by atoms with Crippen molar-refractivity contribution in [2.24, 2.45) is 0 Å². The molecule has 48 heavy (non-hydrogen) atoms. The summed E-state index contributed by atoms with van der Waals surface area (Å²) in [5.74, 6) is 0. The molecule has 0 fully saturated rings. The molecule has 12 aromatic rings. The lowest BCUT2D eigenvalue weighted by atomic mass is 10.0. The maximum absolute atomic E-state index is 5.64. The minimum absolute atomic E-state index is 0.827. The summed E-state index contributed by atoms with van der Waals surface area (Å²) in [4.78, 5) is 19.9. The highest BCUT2D eigenvalue weighted by Gasteiger charge is 2.29. The maximum atomic E-state index is 5.64. The van der Waals surface area contributed by atoms with E-state index in [-0.39, 0.29) is 0 Å². The molecule has 0 unspecified atom stereocenters. The third-order valence-electron chi connectivity index (χ3n) is 10.4. The summed E-state index contributed by atoms with van der Waals surface area (Å²) in [5.41, 5.74) is 12.6. The molecule has 0 saturated heterocycles. The number of nitrogens with zero attached hydrogens (tertiary/aromatic N) is 6. The van der Waals surface area contributed by atoms with Crippen LogP contribution in [0.1, 0.15) is 0 Å². The summed E-state index contributed by atoms with van der Waals surface area (Å²) in [6, 6.07) is 39.0. The Hall–Kier alpha value is -6.66. The first-order valence-corrected chi connectivity index (χ1v) is 16.1. The number of fused-ring (bicyclic) bond motifs is 16. The molecule has 12 rings (SSSR count). The fourth-order valence-corrected chi connectivity index (χ4v) is 8.52. The van der Waals surface area contributed by atoms with E-state index in [4.69, 9.17) is 9.97 Å². The van der Waals surface area contributed by atoms with Crippen molar-refractivity contribution in [3.63, 3.8) is 0 Å². The van der Waals surface area contributed by atoms with E-state index in [2.05, 4.69) is 104 Å². The van der Waals surface area contributed by atoms with E-state index in [0.29, 0.717) is 0 Å². The van der Waals surface area contributed by atoms with Crippen LogP contribution in [0.2, 0.25) is 0 Å². The number of pyridine rings is 2. The molecule has 6 nitrogen and oxygen atoms in total. The Kier molecular flexibility index (Phi) is 4.39. The number of para-hydroxylation sites is 4. The highest BCUT2D eigenvalue weighted by atomic mass is 15.0. The Morgan fingerprint density at radius 2 is 0.750 bits per heavy atom. The topological polar surface area (TPSA) is 60.4 Å². The zero-order chi connectivity index (χ0) is 31.1. The molecule has 0 amide bonds. The van der Waals surface area contributed by atoms with E-state index in [1.54, 1.807) is 0 Å². The lowest BCUT2D eigenvalue weighted by Crippen LogP contribution is -1.98. The van der Waals surface area contributed by atoms with E-state index >= 15 is 0 Å². The molecular formula is C42H22N6. The molecule has 0 spiro atoms. The molecule has 7 aromatic heterocycles. The first kappa shape index (κ1) is 24.6. The predicted octanol–water partition coefficient (Wildman–Crippen LogP) is 10.1. The average molecular weight is 611 g/mol. The van der Waals surface area contributed by atoms with Crippen LogP contribution in [-0.4, -0.2) is 28.7 Å². The van der Waals surface area contributed by atoms with Crippen LogP contribution in [0.25, 0.3) is 110 Å². The number of hydrogen-bond acceptors (Lipinski definition) is 4. The van der Waals surface area contributed by atoms with Crippen molar-refractivity contribution in [2.45, 2.75) is 0 Å². The van der Waals surface area contributed by atoms with Crippen molar-refractivity contribution in [1.29, 1.82) is 0 Å². The molecule has 0 aliphatic carbocycles. The van der Waals surface area contributed by atoms with Gasteiger partial charge in [-0.2, -0.15) is 0 Å². The second-order valence-corrected chi connectivity index (χ2v) is 12.6. The second kappa shape index (κ2) is 8.57. The van der Waals surface area contributed by atoms with E-state index in [9.17, 15) is 0 Å². The summed E-state index contributed by atoms with van der Waals surface area (Å²) in [6.07, 6.45) is 7.29. The number of hydrogen-bond donors (Lipinski definition) is 0. The van der Waals surface area contributed by atoms with Gasteiger partial charge in [-0.15, -0.1) is 0 Å². The summed E-state index contributed by atoms with van der Waals surface area (Å²) in [7, 11) is 0. The van der Waals surface area contributed by atoms with Gasteiger partial charge in [-0.25, -0.2) is 9.97 Å². The van der Waals surface area contributed by atoms with E-state index in [0.717, 1.165) is 55.4 Å². The Balaban J connectivity index is 1.45. The van der Waals surface area contributed by atoms with Gasteiger partial charge in [0, 0.05) is 79.0 Å². The van der Waals surface area contributed by atoms with E-state index < -0.39 is 0 Å². The molecule has 6 heteroatoms. The van der Waals surface area contributed by atoms with Crippen molar-refractivity contribution < 1.29 is 0 Å². The minimum atomic E-state index is 0.827. The highest BCUT2D eigenvalue weighted by molar-refractivity contribution is 6.39. The van der Waals surface area contributed by atoms with Crippen LogP contribution in [0.4, 0.5) is 0 Å². The van der Waals surface area contributed by atoms with Gasteiger partial charge in [-0.3, -0.25) is 9.97 Å². The molecule has 220 valence electrons. The SMILES string of the molecule is c1ccc2c(c1)c1cccc3c4c5nc(-c6ccncc6)c(-c6ccncc6)nc5c5c6cccc7c8ccccc8n(c76)c5c4n2c13. The van der Waals surface area contributed by atoms with Crippen molar-refractivity contribution in [3.05, 3.63) is 134 Å². The third-order valence-corrected chi connectivity index (χ3v) is 10.4. The molecule has 5 aromatic carbocycles. The van der Waals surface area contributed by atoms with Gasteiger partial charge in [0.2, 0.25) is 0 Å². The van der Waals surface area contributed by atoms with Gasteiger partial charge >= 0.3 is 0 Å². The predicted molar refractivity (Wildman–Crippen MR) is 195 cm³/mol.